The average molecular weight is 504 g/mol. The fourth-order valence-corrected chi connectivity index (χ4v) is 5.09. The number of hydrogen-bond acceptors (Lipinski definition) is 6. The van der Waals surface area contributed by atoms with E-state index in [0.29, 0.717) is 13.0 Å². The summed E-state index contributed by atoms with van der Waals surface area (Å²) in [5, 5.41) is 1.44. The van der Waals surface area contributed by atoms with Gasteiger partial charge in [0.05, 0.1) is 5.92 Å². The van der Waals surface area contributed by atoms with E-state index in [2.05, 4.69) is 0 Å². The van der Waals surface area contributed by atoms with Crippen LogP contribution in [0.3, 0.4) is 0 Å². The number of allylic oxidation sites excluding steroid dienone is 1. The van der Waals surface area contributed by atoms with E-state index in [9.17, 15) is 9.59 Å². The van der Waals surface area contributed by atoms with Crippen molar-refractivity contribution in [3.8, 4) is 16.9 Å². The van der Waals surface area contributed by atoms with Crippen LogP contribution in [0.4, 0.5) is 0 Å². The number of esters is 1. The third-order valence-electron chi connectivity index (χ3n) is 6.97. The van der Waals surface area contributed by atoms with Crippen LogP contribution < -0.4 is 4.74 Å². The Labute approximate surface area is 220 Å². The summed E-state index contributed by atoms with van der Waals surface area (Å²) in [5.74, 6) is 2.05. The van der Waals surface area contributed by atoms with Gasteiger partial charge in [-0.2, -0.15) is 0 Å². The lowest BCUT2D eigenvalue weighted by atomic mass is 9.95. The molecule has 0 N–H and O–H groups in total. The molecule has 0 bridgehead atoms. The number of nitrogens with zero attached hydrogens (tertiary/aromatic N) is 1. The molecule has 1 atom stereocenters. The molecule has 0 spiro atoms. The third-order valence-corrected chi connectivity index (χ3v) is 6.97. The van der Waals surface area contributed by atoms with Crippen molar-refractivity contribution in [3.05, 3.63) is 131 Å². The number of hydrogen-bond donors (Lipinski definition) is 0. The molecule has 0 unspecified atom stereocenters. The Hall–Kier alpha value is -4.64. The summed E-state index contributed by atoms with van der Waals surface area (Å²) < 4.78 is 11.2. The lowest BCUT2D eigenvalue weighted by Crippen LogP contribution is -2.35. The zero-order valence-corrected chi connectivity index (χ0v) is 20.6. The van der Waals surface area contributed by atoms with Gasteiger partial charge in [-0.05, 0) is 45.5 Å². The molecule has 4 aromatic carbocycles. The molecule has 0 amide bonds. The molecule has 1 aliphatic heterocycles. The Morgan fingerprint density at radius 3 is 2.11 bits per heavy atom. The predicted molar refractivity (Wildman–Crippen MR) is 142 cm³/mol. The maximum absolute atomic E-state index is 12.6. The first kappa shape index (κ1) is 23.7. The number of hydroxylamine groups is 2. The lowest BCUT2D eigenvalue weighted by Gasteiger charge is -2.23. The van der Waals surface area contributed by atoms with Gasteiger partial charge < -0.3 is 14.3 Å². The molecular formula is C32H25NO5. The molecule has 1 saturated heterocycles. The summed E-state index contributed by atoms with van der Waals surface area (Å²) in [6.45, 7) is 0.411. The maximum Gasteiger partial charge on any atom is 0.328 e. The number of ether oxygens (including phenoxy) is 2. The molecule has 4 aromatic rings. The van der Waals surface area contributed by atoms with E-state index in [4.69, 9.17) is 14.3 Å². The van der Waals surface area contributed by atoms with Crippen LogP contribution in [0, 0.1) is 0 Å². The molecular weight excluding hydrogens is 478 g/mol. The fourth-order valence-electron chi connectivity index (χ4n) is 5.09. The van der Waals surface area contributed by atoms with Crippen LogP contribution in [-0.4, -0.2) is 29.7 Å². The fraction of sp³-hybridized carbons (Fsp3) is 0.156. The Kier molecular flexibility index (Phi) is 6.49. The number of carbonyl (C=O) groups excluding carboxylic acids is 2. The number of rotatable bonds is 8. The second-order valence-corrected chi connectivity index (χ2v) is 9.31. The van der Waals surface area contributed by atoms with Gasteiger partial charge >= 0.3 is 5.97 Å². The Morgan fingerprint density at radius 1 is 0.816 bits per heavy atom. The molecule has 1 fully saturated rings. The van der Waals surface area contributed by atoms with Crippen LogP contribution in [0.2, 0.25) is 0 Å². The van der Waals surface area contributed by atoms with Gasteiger partial charge in [0, 0.05) is 6.42 Å². The standard InChI is InChI=1S/C32H25NO5/c34-19-30(31-27-12-6-4-10-25(27)26-11-5-7-13-28(26)31)38-33-21-37-32(35)29(33)18-22-14-16-24(17-15-22)36-20-23-8-2-1-3-9-23/h1-17,29,31H,18,20-21H2/t29-/m0/s1. The van der Waals surface area contributed by atoms with E-state index in [0.717, 1.165) is 39.1 Å². The van der Waals surface area contributed by atoms with Crippen molar-refractivity contribution >= 4 is 11.9 Å². The van der Waals surface area contributed by atoms with Crippen LogP contribution in [0.1, 0.15) is 28.2 Å². The smallest absolute Gasteiger partial charge is 0.328 e. The third kappa shape index (κ3) is 4.59. The molecule has 6 heteroatoms. The molecule has 2 aliphatic rings. The molecule has 0 radical (unpaired) electrons. The number of cyclic esters (lactones) is 1. The quantitative estimate of drug-likeness (QED) is 0.181. The normalized spacial score (nSPS) is 16.3. The van der Waals surface area contributed by atoms with Crippen LogP contribution in [0.15, 0.2) is 109 Å². The number of benzene rings is 4. The average Bonchev–Trinajstić information content (AvgIpc) is 3.49. The highest BCUT2D eigenvalue weighted by atomic mass is 16.7. The van der Waals surface area contributed by atoms with Crippen LogP contribution in [0.25, 0.3) is 11.1 Å². The molecule has 1 aliphatic carbocycles. The van der Waals surface area contributed by atoms with E-state index < -0.39 is 17.9 Å². The van der Waals surface area contributed by atoms with Gasteiger partial charge in [-0.25, -0.2) is 4.79 Å². The lowest BCUT2D eigenvalue weighted by molar-refractivity contribution is -0.148. The Morgan fingerprint density at radius 2 is 1.45 bits per heavy atom. The minimum atomic E-state index is -0.693. The molecule has 38 heavy (non-hydrogen) atoms. The molecule has 1 heterocycles. The zero-order valence-electron chi connectivity index (χ0n) is 20.6. The topological polar surface area (TPSA) is 65.1 Å². The van der Waals surface area contributed by atoms with Gasteiger partial charge in [-0.1, -0.05) is 96.1 Å². The molecule has 0 saturated carbocycles. The van der Waals surface area contributed by atoms with Crippen molar-refractivity contribution < 1.29 is 23.9 Å². The van der Waals surface area contributed by atoms with Crippen molar-refractivity contribution in [2.45, 2.75) is 25.0 Å². The SMILES string of the molecule is O=C=C(ON1COC(=O)[C@@H]1Cc1ccc(OCc2ccccc2)cc1)C1c2ccccc2-c2ccccc21. The van der Waals surface area contributed by atoms with Gasteiger partial charge in [-0.15, -0.1) is 0 Å². The van der Waals surface area contributed by atoms with Crippen molar-refractivity contribution in [3.63, 3.8) is 0 Å². The van der Waals surface area contributed by atoms with Crippen LogP contribution in [0.5, 0.6) is 5.75 Å². The summed E-state index contributed by atoms with van der Waals surface area (Å²) in [6, 6.07) is 32.8. The Bertz CT molecular complexity index is 1460. The molecule has 188 valence electrons. The van der Waals surface area contributed by atoms with Crippen molar-refractivity contribution in [2.24, 2.45) is 0 Å². The first-order valence-electron chi connectivity index (χ1n) is 12.5. The highest BCUT2D eigenvalue weighted by Gasteiger charge is 2.40. The Balaban J connectivity index is 1.17. The summed E-state index contributed by atoms with van der Waals surface area (Å²) in [4.78, 5) is 30.9. The second-order valence-electron chi connectivity index (χ2n) is 9.31. The van der Waals surface area contributed by atoms with Crippen LogP contribution in [-0.2, 0) is 32.2 Å². The molecule has 6 nitrogen and oxygen atoms in total. The van der Waals surface area contributed by atoms with Gasteiger partial charge in [0.2, 0.25) is 5.76 Å². The van der Waals surface area contributed by atoms with Crippen molar-refractivity contribution in [1.29, 1.82) is 0 Å². The van der Waals surface area contributed by atoms with Gasteiger partial charge in [0.15, 0.2) is 18.7 Å². The monoisotopic (exact) mass is 503 g/mol. The second kappa shape index (κ2) is 10.4. The molecule has 0 aromatic heterocycles. The van der Waals surface area contributed by atoms with Crippen molar-refractivity contribution in [1.82, 2.24) is 5.06 Å². The summed E-state index contributed by atoms with van der Waals surface area (Å²) in [6.07, 6.45) is 0.363. The van der Waals surface area contributed by atoms with Crippen molar-refractivity contribution in [2.75, 3.05) is 6.73 Å². The summed E-state index contributed by atoms with van der Waals surface area (Å²) in [7, 11) is 0. The van der Waals surface area contributed by atoms with Gasteiger partial charge in [-0.3, -0.25) is 4.79 Å². The zero-order chi connectivity index (χ0) is 25.9. The first-order chi connectivity index (χ1) is 18.7. The minimum absolute atomic E-state index is 0.0665. The van der Waals surface area contributed by atoms with E-state index in [1.165, 1.54) is 5.06 Å². The van der Waals surface area contributed by atoms with E-state index >= 15 is 0 Å². The first-order valence-corrected chi connectivity index (χ1v) is 12.5. The van der Waals surface area contributed by atoms with Gasteiger partial charge in [0.1, 0.15) is 12.4 Å². The van der Waals surface area contributed by atoms with Crippen LogP contribution >= 0.6 is 0 Å². The summed E-state index contributed by atoms with van der Waals surface area (Å²) >= 11 is 0. The molecule has 6 rings (SSSR count). The highest BCUT2D eigenvalue weighted by Crippen LogP contribution is 2.47. The minimum Gasteiger partial charge on any atom is -0.489 e. The number of fused-ring (bicyclic) bond motifs is 3. The number of carbonyl (C=O) groups is 1. The van der Waals surface area contributed by atoms with E-state index in [1.807, 2.05) is 109 Å². The highest BCUT2D eigenvalue weighted by molar-refractivity contribution is 5.82. The predicted octanol–water partition coefficient (Wildman–Crippen LogP) is 5.45. The largest absolute Gasteiger partial charge is 0.489 e. The van der Waals surface area contributed by atoms with Gasteiger partial charge in [0.25, 0.3) is 0 Å². The van der Waals surface area contributed by atoms with E-state index in [-0.39, 0.29) is 12.5 Å². The maximum atomic E-state index is 12.6. The van der Waals surface area contributed by atoms with E-state index in [1.54, 1.807) is 0 Å². The summed E-state index contributed by atoms with van der Waals surface area (Å²) in [5.41, 5.74) is 6.07.